The minimum absolute atomic E-state index is 0.108. The Labute approximate surface area is 214 Å². The Morgan fingerprint density at radius 3 is 2.34 bits per heavy atom. The van der Waals surface area contributed by atoms with Crippen LogP contribution in [0.3, 0.4) is 0 Å². The van der Waals surface area contributed by atoms with Gasteiger partial charge in [0.1, 0.15) is 5.75 Å². The number of benzene rings is 3. The number of carbonyl (C=O) groups excluding carboxylic acids is 1. The highest BCUT2D eigenvalue weighted by Crippen LogP contribution is 2.30. The predicted molar refractivity (Wildman–Crippen MR) is 143 cm³/mol. The molecule has 180 valence electrons. The molecule has 0 aliphatic carbocycles. The van der Waals surface area contributed by atoms with Gasteiger partial charge in [0.2, 0.25) is 5.91 Å². The standard InChI is InChI=1S/C27H27ClN4O2S/c1-4-18(2)19-5-11-22(12-6-19)29-25(33)17-35-27-31-30-26(20-7-15-24(34-3)16-8-20)32(27)23-13-9-21(28)10-14-23/h5-16,18H,4,17H2,1-3H3,(H,29,33)/t18-/m1/s1. The molecule has 0 aliphatic rings. The van der Waals surface area contributed by atoms with Crippen LogP contribution in [0, 0.1) is 0 Å². The van der Waals surface area contributed by atoms with Crippen molar-refractivity contribution in [1.29, 1.82) is 0 Å². The van der Waals surface area contributed by atoms with Crippen LogP contribution in [0.5, 0.6) is 5.75 Å². The van der Waals surface area contributed by atoms with Gasteiger partial charge in [0.05, 0.1) is 12.9 Å². The average molecular weight is 507 g/mol. The lowest BCUT2D eigenvalue weighted by atomic mass is 9.99. The summed E-state index contributed by atoms with van der Waals surface area (Å²) in [5, 5.41) is 13.0. The van der Waals surface area contributed by atoms with Gasteiger partial charge in [0, 0.05) is 22.0 Å². The van der Waals surface area contributed by atoms with Gasteiger partial charge in [-0.05, 0) is 78.6 Å². The zero-order valence-electron chi connectivity index (χ0n) is 19.9. The van der Waals surface area contributed by atoms with Crippen LogP contribution in [0.15, 0.2) is 78.0 Å². The summed E-state index contributed by atoms with van der Waals surface area (Å²) in [5.41, 5.74) is 3.78. The molecule has 1 atom stereocenters. The first-order chi connectivity index (χ1) is 17.0. The van der Waals surface area contributed by atoms with Crippen LogP contribution in [0.4, 0.5) is 5.69 Å². The molecule has 4 rings (SSSR count). The predicted octanol–water partition coefficient (Wildman–Crippen LogP) is 6.84. The summed E-state index contributed by atoms with van der Waals surface area (Å²) in [6.07, 6.45) is 1.08. The Kier molecular flexibility index (Phi) is 8.10. The van der Waals surface area contributed by atoms with E-state index in [9.17, 15) is 4.79 Å². The van der Waals surface area contributed by atoms with Crippen LogP contribution < -0.4 is 10.1 Å². The number of carbonyl (C=O) groups is 1. The second kappa shape index (κ2) is 11.4. The van der Waals surface area contributed by atoms with Crippen LogP contribution in [0.2, 0.25) is 5.02 Å². The van der Waals surface area contributed by atoms with E-state index >= 15 is 0 Å². The number of hydrogen-bond acceptors (Lipinski definition) is 5. The van der Waals surface area contributed by atoms with Gasteiger partial charge >= 0.3 is 0 Å². The number of thioether (sulfide) groups is 1. The molecule has 3 aromatic carbocycles. The molecule has 0 radical (unpaired) electrons. The second-order valence-corrected chi connectivity index (χ2v) is 9.49. The van der Waals surface area contributed by atoms with Gasteiger partial charge in [0.25, 0.3) is 0 Å². The largest absolute Gasteiger partial charge is 0.497 e. The van der Waals surface area contributed by atoms with Crippen LogP contribution in [0.25, 0.3) is 17.1 Å². The SMILES string of the molecule is CC[C@@H](C)c1ccc(NC(=O)CSc2nnc(-c3ccc(OC)cc3)n2-c2ccc(Cl)cc2)cc1. The molecular weight excluding hydrogens is 480 g/mol. The number of ether oxygens (including phenoxy) is 1. The Morgan fingerprint density at radius 1 is 1.03 bits per heavy atom. The minimum atomic E-state index is -0.108. The summed E-state index contributed by atoms with van der Waals surface area (Å²) in [4.78, 5) is 12.7. The first-order valence-electron chi connectivity index (χ1n) is 11.4. The molecule has 0 saturated carbocycles. The van der Waals surface area contributed by atoms with Crippen molar-refractivity contribution >= 4 is 35.0 Å². The monoisotopic (exact) mass is 506 g/mol. The molecule has 1 aromatic heterocycles. The third-order valence-electron chi connectivity index (χ3n) is 5.77. The molecule has 0 spiro atoms. The van der Waals surface area contributed by atoms with E-state index in [1.807, 2.05) is 65.2 Å². The Hall–Kier alpha value is -3.29. The Bertz CT molecular complexity index is 1270. The smallest absolute Gasteiger partial charge is 0.234 e. The lowest BCUT2D eigenvalue weighted by Crippen LogP contribution is -2.14. The van der Waals surface area contributed by atoms with E-state index in [2.05, 4.69) is 41.5 Å². The van der Waals surface area contributed by atoms with Crippen molar-refractivity contribution in [2.75, 3.05) is 18.2 Å². The van der Waals surface area contributed by atoms with Crippen LogP contribution in [0.1, 0.15) is 31.7 Å². The Balaban J connectivity index is 1.53. The van der Waals surface area contributed by atoms with Gasteiger partial charge in [-0.15, -0.1) is 10.2 Å². The lowest BCUT2D eigenvalue weighted by molar-refractivity contribution is -0.113. The molecule has 35 heavy (non-hydrogen) atoms. The number of rotatable bonds is 9. The summed E-state index contributed by atoms with van der Waals surface area (Å²) >= 11 is 7.43. The lowest BCUT2D eigenvalue weighted by Gasteiger charge is -2.12. The maximum Gasteiger partial charge on any atom is 0.234 e. The second-order valence-electron chi connectivity index (χ2n) is 8.11. The van der Waals surface area contributed by atoms with Gasteiger partial charge in [-0.25, -0.2) is 0 Å². The summed E-state index contributed by atoms with van der Waals surface area (Å²) < 4.78 is 7.20. The molecule has 1 amide bonds. The molecule has 0 bridgehead atoms. The van der Waals surface area contributed by atoms with Crippen molar-refractivity contribution in [3.8, 4) is 22.8 Å². The average Bonchev–Trinajstić information content (AvgIpc) is 3.32. The maximum absolute atomic E-state index is 12.7. The summed E-state index contributed by atoms with van der Waals surface area (Å²) in [6.45, 7) is 4.36. The summed E-state index contributed by atoms with van der Waals surface area (Å²) in [6, 6.07) is 23.1. The van der Waals surface area contributed by atoms with Crippen LogP contribution in [-0.2, 0) is 4.79 Å². The molecule has 1 N–H and O–H groups in total. The van der Waals surface area contributed by atoms with Crippen molar-refractivity contribution in [3.63, 3.8) is 0 Å². The van der Waals surface area contributed by atoms with Gasteiger partial charge in [0.15, 0.2) is 11.0 Å². The van der Waals surface area contributed by atoms with Gasteiger partial charge in [-0.1, -0.05) is 49.3 Å². The molecule has 0 fully saturated rings. The molecule has 4 aromatic rings. The van der Waals surface area contributed by atoms with Gasteiger partial charge in [-0.3, -0.25) is 9.36 Å². The van der Waals surface area contributed by atoms with Crippen molar-refractivity contribution < 1.29 is 9.53 Å². The van der Waals surface area contributed by atoms with Gasteiger partial charge < -0.3 is 10.1 Å². The molecule has 0 aliphatic heterocycles. The highest BCUT2D eigenvalue weighted by atomic mass is 35.5. The third-order valence-corrected chi connectivity index (χ3v) is 6.96. The third kappa shape index (κ3) is 6.05. The quantitative estimate of drug-likeness (QED) is 0.252. The van der Waals surface area contributed by atoms with Crippen molar-refractivity contribution in [1.82, 2.24) is 14.8 Å². The van der Waals surface area contributed by atoms with Crippen molar-refractivity contribution in [2.24, 2.45) is 0 Å². The fraction of sp³-hybridized carbons (Fsp3) is 0.222. The summed E-state index contributed by atoms with van der Waals surface area (Å²) in [7, 11) is 1.63. The van der Waals surface area contributed by atoms with Crippen molar-refractivity contribution in [2.45, 2.75) is 31.3 Å². The highest BCUT2D eigenvalue weighted by molar-refractivity contribution is 7.99. The van der Waals surface area contributed by atoms with E-state index in [0.717, 1.165) is 29.1 Å². The van der Waals surface area contributed by atoms with E-state index in [-0.39, 0.29) is 11.7 Å². The van der Waals surface area contributed by atoms with Crippen LogP contribution >= 0.6 is 23.4 Å². The number of aromatic nitrogens is 3. The first-order valence-corrected chi connectivity index (χ1v) is 12.7. The number of nitrogens with one attached hydrogen (secondary N) is 1. The van der Waals surface area contributed by atoms with E-state index in [0.29, 0.717) is 21.9 Å². The molecule has 8 heteroatoms. The molecule has 0 unspecified atom stereocenters. The molecule has 1 heterocycles. The number of halogens is 1. The number of anilines is 1. The Morgan fingerprint density at radius 2 is 1.71 bits per heavy atom. The number of amides is 1. The summed E-state index contributed by atoms with van der Waals surface area (Å²) in [5.74, 6) is 2.01. The number of nitrogens with zero attached hydrogens (tertiary/aromatic N) is 3. The molecular formula is C27H27ClN4O2S. The first kappa shape index (κ1) is 24.8. The van der Waals surface area contributed by atoms with Crippen LogP contribution in [-0.4, -0.2) is 33.5 Å². The number of methoxy groups -OCH3 is 1. The van der Waals surface area contributed by atoms with Gasteiger partial charge in [-0.2, -0.15) is 0 Å². The minimum Gasteiger partial charge on any atom is -0.497 e. The molecule has 6 nitrogen and oxygen atoms in total. The highest BCUT2D eigenvalue weighted by Gasteiger charge is 2.18. The zero-order chi connectivity index (χ0) is 24.8. The fourth-order valence-electron chi connectivity index (χ4n) is 3.57. The van der Waals surface area contributed by atoms with Crippen molar-refractivity contribution in [3.05, 3.63) is 83.4 Å². The zero-order valence-corrected chi connectivity index (χ0v) is 21.4. The fourth-order valence-corrected chi connectivity index (χ4v) is 4.45. The number of hydrogen-bond donors (Lipinski definition) is 1. The van der Waals surface area contributed by atoms with E-state index < -0.39 is 0 Å². The van der Waals surface area contributed by atoms with E-state index in [1.54, 1.807) is 7.11 Å². The topological polar surface area (TPSA) is 69.0 Å². The van der Waals surface area contributed by atoms with E-state index in [4.69, 9.17) is 16.3 Å². The van der Waals surface area contributed by atoms with E-state index in [1.165, 1.54) is 17.3 Å². The molecule has 0 saturated heterocycles. The normalized spacial score (nSPS) is 11.8. The maximum atomic E-state index is 12.7.